The van der Waals surface area contributed by atoms with Crippen molar-refractivity contribution in [2.45, 2.75) is 25.3 Å². The van der Waals surface area contributed by atoms with Crippen LogP contribution in [0.25, 0.3) is 5.69 Å². The number of nitrogens with zero attached hydrogens (tertiary/aromatic N) is 5. The minimum atomic E-state index is -1.09. The molecule has 0 bridgehead atoms. The molecule has 3 amide bonds. The van der Waals surface area contributed by atoms with E-state index in [2.05, 4.69) is 15.2 Å². The molecular formula is C35H34ClFN6O5. The van der Waals surface area contributed by atoms with E-state index in [1.54, 1.807) is 25.1 Å². The quantitative estimate of drug-likeness (QED) is 0.281. The van der Waals surface area contributed by atoms with Crippen LogP contribution < -0.4 is 10.2 Å². The van der Waals surface area contributed by atoms with E-state index in [1.807, 2.05) is 18.2 Å². The summed E-state index contributed by atoms with van der Waals surface area (Å²) in [6.07, 6.45) is 4.60. The molecule has 2 N–H and O–H groups in total. The Labute approximate surface area is 281 Å². The number of carboxylic acids is 1. The number of fused-ring (bicyclic) bond motifs is 1. The Kier molecular flexibility index (Phi) is 9.18. The van der Waals surface area contributed by atoms with Gasteiger partial charge in [-0.1, -0.05) is 29.8 Å². The molecule has 0 saturated carbocycles. The predicted octanol–water partition coefficient (Wildman–Crippen LogP) is 5.05. The lowest BCUT2D eigenvalue weighted by Crippen LogP contribution is -2.46. The molecule has 3 aromatic carbocycles. The monoisotopic (exact) mass is 672 g/mol. The number of amides is 3. The Bertz CT molecular complexity index is 1890. The number of carbonyl (C=O) groups excluding carboxylic acids is 3. The first kappa shape index (κ1) is 32.7. The molecule has 1 saturated heterocycles. The number of hydrogen-bond acceptors (Lipinski definition) is 6. The number of carboxylic acid groups (broad SMARTS) is 1. The highest BCUT2D eigenvalue weighted by molar-refractivity contribution is 6.30. The molecule has 0 radical (unpaired) electrons. The third-order valence-electron chi connectivity index (χ3n) is 8.94. The van der Waals surface area contributed by atoms with Crippen molar-refractivity contribution in [3.63, 3.8) is 0 Å². The Morgan fingerprint density at radius 1 is 0.958 bits per heavy atom. The largest absolute Gasteiger partial charge is 0.478 e. The molecule has 1 atom stereocenters. The summed E-state index contributed by atoms with van der Waals surface area (Å²) in [4.78, 5) is 61.7. The van der Waals surface area contributed by atoms with Crippen LogP contribution in [0, 0.1) is 11.7 Å². The van der Waals surface area contributed by atoms with Crippen LogP contribution in [-0.2, 0) is 16.0 Å². The van der Waals surface area contributed by atoms with E-state index in [9.17, 15) is 28.7 Å². The zero-order chi connectivity index (χ0) is 34.1. The molecule has 1 fully saturated rings. The molecule has 11 nitrogen and oxygen atoms in total. The maximum Gasteiger partial charge on any atom is 0.335 e. The van der Waals surface area contributed by atoms with E-state index in [1.165, 1.54) is 58.4 Å². The number of hydrogen-bond donors (Lipinski definition) is 2. The minimum Gasteiger partial charge on any atom is -0.478 e. The highest BCUT2D eigenvalue weighted by Gasteiger charge is 2.39. The van der Waals surface area contributed by atoms with Crippen molar-refractivity contribution in [3.05, 3.63) is 106 Å². The molecule has 3 heterocycles. The molecule has 248 valence electrons. The summed E-state index contributed by atoms with van der Waals surface area (Å²) in [5, 5.41) is 12.1. The van der Waals surface area contributed by atoms with Gasteiger partial charge in [0.1, 0.15) is 18.1 Å². The molecule has 4 aromatic rings. The van der Waals surface area contributed by atoms with Gasteiger partial charge in [-0.2, -0.15) is 0 Å². The second kappa shape index (κ2) is 13.5. The molecule has 13 heteroatoms. The number of aromatic nitrogens is 2. The Hall–Kier alpha value is -5.23. The summed E-state index contributed by atoms with van der Waals surface area (Å²) >= 11 is 5.97. The number of benzene rings is 3. The second-order valence-corrected chi connectivity index (χ2v) is 12.5. The van der Waals surface area contributed by atoms with Crippen molar-refractivity contribution in [2.24, 2.45) is 5.92 Å². The normalized spacial score (nSPS) is 16.3. The van der Waals surface area contributed by atoms with E-state index in [-0.39, 0.29) is 40.3 Å². The lowest BCUT2D eigenvalue weighted by Gasteiger charge is -2.40. The van der Waals surface area contributed by atoms with Crippen LogP contribution in [0.4, 0.5) is 15.8 Å². The maximum atomic E-state index is 14.8. The van der Waals surface area contributed by atoms with Crippen LogP contribution >= 0.6 is 11.6 Å². The minimum absolute atomic E-state index is 0.0187. The second-order valence-electron chi connectivity index (χ2n) is 12.1. The molecule has 2 aliphatic rings. The SMILES string of the molecule is CN(C)C(=O)C1CCN(c2cccc3c2CCN(C(=O)c2cn(-c4cccc(Cl)c4F)cn2)C3C(=O)Nc2ccc(C(=O)O)cc2)CC1. The summed E-state index contributed by atoms with van der Waals surface area (Å²) in [5.74, 6) is -2.68. The fourth-order valence-electron chi connectivity index (χ4n) is 6.49. The molecule has 6 rings (SSSR count). The summed E-state index contributed by atoms with van der Waals surface area (Å²) in [5.41, 5.74) is 3.13. The van der Waals surface area contributed by atoms with Crippen LogP contribution in [0.2, 0.25) is 5.02 Å². The van der Waals surface area contributed by atoms with Crippen molar-refractivity contribution in [3.8, 4) is 5.69 Å². The number of rotatable bonds is 7. The molecule has 2 aliphatic heterocycles. The molecular weight excluding hydrogens is 639 g/mol. The summed E-state index contributed by atoms with van der Waals surface area (Å²) < 4.78 is 16.1. The van der Waals surface area contributed by atoms with Gasteiger partial charge in [-0.05, 0) is 72.9 Å². The number of anilines is 2. The lowest BCUT2D eigenvalue weighted by atomic mass is 9.88. The van der Waals surface area contributed by atoms with Gasteiger partial charge in [0, 0.05) is 57.2 Å². The van der Waals surface area contributed by atoms with Crippen LogP contribution in [0.15, 0.2) is 73.2 Å². The van der Waals surface area contributed by atoms with E-state index in [0.717, 1.165) is 11.3 Å². The number of piperidine rings is 1. The van der Waals surface area contributed by atoms with Crippen molar-refractivity contribution in [2.75, 3.05) is 43.9 Å². The van der Waals surface area contributed by atoms with Gasteiger partial charge in [-0.25, -0.2) is 14.2 Å². The van der Waals surface area contributed by atoms with Gasteiger partial charge in [0.05, 0.1) is 16.3 Å². The van der Waals surface area contributed by atoms with Gasteiger partial charge < -0.3 is 29.7 Å². The average molecular weight is 673 g/mol. The predicted molar refractivity (Wildman–Crippen MR) is 178 cm³/mol. The number of halogens is 2. The van der Waals surface area contributed by atoms with Gasteiger partial charge >= 0.3 is 5.97 Å². The van der Waals surface area contributed by atoms with E-state index in [4.69, 9.17) is 11.6 Å². The van der Waals surface area contributed by atoms with Crippen molar-refractivity contribution in [1.82, 2.24) is 19.4 Å². The number of carbonyl (C=O) groups is 4. The van der Waals surface area contributed by atoms with E-state index < -0.39 is 29.6 Å². The third kappa shape index (κ3) is 6.35. The topological polar surface area (TPSA) is 128 Å². The van der Waals surface area contributed by atoms with Crippen LogP contribution in [0.5, 0.6) is 0 Å². The van der Waals surface area contributed by atoms with E-state index >= 15 is 0 Å². The summed E-state index contributed by atoms with van der Waals surface area (Å²) in [6, 6.07) is 14.9. The highest BCUT2D eigenvalue weighted by atomic mass is 35.5. The van der Waals surface area contributed by atoms with Crippen LogP contribution in [0.1, 0.15) is 50.9 Å². The fourth-order valence-corrected chi connectivity index (χ4v) is 6.66. The third-order valence-corrected chi connectivity index (χ3v) is 9.23. The van der Waals surface area contributed by atoms with Gasteiger partial charge in [-0.3, -0.25) is 14.4 Å². The first-order valence-electron chi connectivity index (χ1n) is 15.5. The van der Waals surface area contributed by atoms with E-state index in [0.29, 0.717) is 43.6 Å². The molecule has 0 spiro atoms. The first-order valence-corrected chi connectivity index (χ1v) is 15.9. The smallest absolute Gasteiger partial charge is 0.335 e. The Morgan fingerprint density at radius 2 is 1.65 bits per heavy atom. The zero-order valence-corrected chi connectivity index (χ0v) is 27.2. The number of aromatic carboxylic acids is 1. The summed E-state index contributed by atoms with van der Waals surface area (Å²) in [7, 11) is 3.53. The summed E-state index contributed by atoms with van der Waals surface area (Å²) in [6.45, 7) is 1.55. The number of nitrogens with one attached hydrogen (secondary N) is 1. The average Bonchev–Trinajstić information content (AvgIpc) is 3.58. The fraction of sp³-hybridized carbons (Fsp3) is 0.286. The Morgan fingerprint density at radius 3 is 2.33 bits per heavy atom. The lowest BCUT2D eigenvalue weighted by molar-refractivity contribution is -0.133. The van der Waals surface area contributed by atoms with Gasteiger partial charge in [0.15, 0.2) is 5.82 Å². The van der Waals surface area contributed by atoms with Crippen LogP contribution in [-0.4, -0.2) is 81.9 Å². The van der Waals surface area contributed by atoms with Crippen molar-refractivity contribution in [1.29, 1.82) is 0 Å². The molecule has 0 aliphatic carbocycles. The number of imidazole rings is 1. The molecule has 48 heavy (non-hydrogen) atoms. The molecule has 1 aromatic heterocycles. The van der Waals surface area contributed by atoms with Crippen LogP contribution in [0.3, 0.4) is 0 Å². The molecule has 1 unspecified atom stereocenters. The Balaban J connectivity index is 1.32. The zero-order valence-electron chi connectivity index (χ0n) is 26.4. The van der Waals surface area contributed by atoms with Crippen molar-refractivity contribution >= 4 is 46.7 Å². The maximum absolute atomic E-state index is 14.8. The standard InChI is InChI=1S/C35H34ClFN6O5/c1-40(2)33(45)21-13-16-41(17-14-21)28-7-3-5-25-24(28)15-18-43(31(25)32(44)39-23-11-9-22(10-12-23)35(47)48)34(46)27-19-42(20-38-27)29-8-4-6-26(36)30(29)37/h3-12,19-21,31H,13-18H2,1-2H3,(H,39,44)(H,47,48). The highest BCUT2D eigenvalue weighted by Crippen LogP contribution is 2.38. The van der Waals surface area contributed by atoms with Gasteiger partial charge in [0.2, 0.25) is 5.91 Å². The van der Waals surface area contributed by atoms with Gasteiger partial charge in [0.25, 0.3) is 11.8 Å². The van der Waals surface area contributed by atoms with Crippen molar-refractivity contribution < 1.29 is 28.7 Å². The first-order chi connectivity index (χ1) is 23.0. The van der Waals surface area contributed by atoms with Gasteiger partial charge in [-0.15, -0.1) is 0 Å².